The zero-order chi connectivity index (χ0) is 14.7. The minimum absolute atomic E-state index is 0.000242. The number of amides is 1. The van der Waals surface area contributed by atoms with Crippen LogP contribution in [0.5, 0.6) is 0 Å². The Morgan fingerprint density at radius 3 is 2.95 bits per heavy atom. The van der Waals surface area contributed by atoms with Crippen molar-refractivity contribution < 1.29 is 19.7 Å². The first-order valence-electron chi connectivity index (χ1n) is 5.99. The van der Waals surface area contributed by atoms with Crippen LogP contribution in [-0.2, 0) is 9.53 Å². The summed E-state index contributed by atoms with van der Waals surface area (Å²) < 4.78 is 5.36. The van der Waals surface area contributed by atoms with Crippen molar-refractivity contribution in [3.63, 3.8) is 0 Å². The molecular formula is C11H16N4O5. The van der Waals surface area contributed by atoms with Crippen molar-refractivity contribution >= 4 is 23.6 Å². The Morgan fingerprint density at radius 2 is 2.35 bits per heavy atom. The summed E-state index contributed by atoms with van der Waals surface area (Å²) in [6.07, 6.45) is -1.49. The van der Waals surface area contributed by atoms with E-state index in [2.05, 4.69) is 15.6 Å². The number of nitrogens with one attached hydrogen (secondary N) is 3. The molecule has 0 unspecified atom stereocenters. The van der Waals surface area contributed by atoms with Crippen LogP contribution in [0.1, 0.15) is 6.42 Å². The Bertz CT molecular complexity index is 546. The summed E-state index contributed by atoms with van der Waals surface area (Å²) in [6, 6.07) is 1.43. The van der Waals surface area contributed by atoms with Gasteiger partial charge in [-0.1, -0.05) is 0 Å². The summed E-state index contributed by atoms with van der Waals surface area (Å²) in [5.41, 5.74) is 5.25. The number of hydrogen-bond donors (Lipinski definition) is 6. The summed E-state index contributed by atoms with van der Waals surface area (Å²) in [7, 11) is 0. The summed E-state index contributed by atoms with van der Waals surface area (Å²) in [5.74, 6) is 0.117. The van der Waals surface area contributed by atoms with Gasteiger partial charge in [-0.3, -0.25) is 9.59 Å². The van der Waals surface area contributed by atoms with Crippen molar-refractivity contribution in [3.05, 3.63) is 16.4 Å². The fourth-order valence-electron chi connectivity index (χ4n) is 2.06. The Kier molecular flexibility index (Phi) is 4.23. The zero-order valence-corrected chi connectivity index (χ0v) is 10.5. The summed E-state index contributed by atoms with van der Waals surface area (Å²) in [5, 5.41) is 23.8. The molecule has 0 aliphatic carbocycles. The predicted molar refractivity (Wildman–Crippen MR) is 71.2 cm³/mol. The van der Waals surface area contributed by atoms with Crippen molar-refractivity contribution in [3.8, 4) is 0 Å². The number of aliphatic hydroxyl groups is 2. The molecule has 1 aliphatic rings. The van der Waals surface area contributed by atoms with Gasteiger partial charge < -0.3 is 36.3 Å². The van der Waals surface area contributed by atoms with E-state index in [0.717, 1.165) is 0 Å². The summed E-state index contributed by atoms with van der Waals surface area (Å²) in [4.78, 5) is 24.6. The highest BCUT2D eigenvalue weighted by Crippen LogP contribution is 2.25. The largest absolute Gasteiger partial charge is 0.394 e. The molecule has 0 aromatic carbocycles. The first-order chi connectivity index (χ1) is 9.55. The van der Waals surface area contributed by atoms with E-state index in [4.69, 9.17) is 15.6 Å². The molecule has 1 fully saturated rings. The van der Waals surface area contributed by atoms with Gasteiger partial charge in [-0.15, -0.1) is 0 Å². The number of nitrogens with two attached hydrogens (primary N) is 1. The molecule has 2 rings (SSSR count). The van der Waals surface area contributed by atoms with E-state index < -0.39 is 24.0 Å². The molecule has 20 heavy (non-hydrogen) atoms. The molecule has 0 bridgehead atoms. The first kappa shape index (κ1) is 14.3. The highest BCUT2D eigenvalue weighted by molar-refractivity contribution is 5.81. The average molecular weight is 284 g/mol. The molecule has 1 aromatic heterocycles. The lowest BCUT2D eigenvalue weighted by molar-refractivity contribution is -0.105. The van der Waals surface area contributed by atoms with E-state index >= 15 is 0 Å². The van der Waals surface area contributed by atoms with Crippen LogP contribution in [0.15, 0.2) is 10.9 Å². The highest BCUT2D eigenvalue weighted by Gasteiger charge is 2.33. The first-order valence-corrected chi connectivity index (χ1v) is 5.99. The topological polar surface area (TPSA) is 150 Å². The maximum atomic E-state index is 11.7. The van der Waals surface area contributed by atoms with Gasteiger partial charge in [0.1, 0.15) is 23.8 Å². The quantitative estimate of drug-likeness (QED) is 0.357. The van der Waals surface area contributed by atoms with Crippen molar-refractivity contribution in [2.75, 3.05) is 23.0 Å². The molecule has 0 saturated carbocycles. The lowest BCUT2D eigenvalue weighted by atomic mass is 10.2. The number of rotatable bonds is 5. The molecule has 2 heterocycles. The van der Waals surface area contributed by atoms with Crippen LogP contribution in [0.4, 0.5) is 17.2 Å². The smallest absolute Gasteiger partial charge is 0.275 e. The van der Waals surface area contributed by atoms with E-state index in [-0.39, 0.29) is 30.2 Å². The van der Waals surface area contributed by atoms with E-state index in [1.165, 1.54) is 6.07 Å². The fraction of sp³-hybridized carbons (Fsp3) is 0.455. The van der Waals surface area contributed by atoms with Crippen molar-refractivity contribution in [1.82, 2.24) is 4.98 Å². The molecule has 0 spiro atoms. The van der Waals surface area contributed by atoms with Gasteiger partial charge in [0.2, 0.25) is 6.41 Å². The Morgan fingerprint density at radius 1 is 1.60 bits per heavy atom. The van der Waals surface area contributed by atoms with Crippen LogP contribution in [0, 0.1) is 0 Å². The minimum Gasteiger partial charge on any atom is -0.394 e. The number of aliphatic hydroxyl groups excluding tert-OH is 2. The molecular weight excluding hydrogens is 268 g/mol. The second-order valence-electron chi connectivity index (χ2n) is 4.40. The molecule has 1 amide bonds. The third kappa shape index (κ3) is 2.90. The lowest BCUT2D eigenvalue weighted by Gasteiger charge is -2.17. The van der Waals surface area contributed by atoms with Crippen molar-refractivity contribution in [2.24, 2.45) is 0 Å². The number of ether oxygens (including phenoxy) is 1. The second-order valence-corrected chi connectivity index (χ2v) is 4.40. The standard InChI is InChI=1S/C11H16N4O5/c12-8-1-5(10(13-4-17)11(19)15-8)14-9-2-6(18)7(3-16)20-9/h1,4,6-7,9,16,18H,2-3H2,(H,13,17)(H4,12,14,15,19)/t6-,7-,9+/m1/s1. The number of nitrogen functional groups attached to an aromatic ring is 1. The lowest BCUT2D eigenvalue weighted by Crippen LogP contribution is -2.26. The number of anilines is 3. The number of aromatic nitrogens is 1. The molecule has 1 aromatic rings. The van der Waals surface area contributed by atoms with Gasteiger partial charge >= 0.3 is 0 Å². The molecule has 1 aliphatic heterocycles. The van der Waals surface area contributed by atoms with Crippen molar-refractivity contribution in [1.29, 1.82) is 0 Å². The van der Waals surface area contributed by atoms with Crippen LogP contribution in [0.2, 0.25) is 0 Å². The third-order valence-corrected chi connectivity index (χ3v) is 2.98. The Balaban J connectivity index is 2.21. The minimum atomic E-state index is -0.806. The van der Waals surface area contributed by atoms with Gasteiger partial charge in [0.05, 0.1) is 18.4 Å². The molecule has 7 N–H and O–H groups in total. The number of carbonyl (C=O) groups is 1. The van der Waals surface area contributed by atoms with Gasteiger partial charge in [-0.25, -0.2) is 0 Å². The monoisotopic (exact) mass is 284 g/mol. The van der Waals surface area contributed by atoms with Crippen molar-refractivity contribution in [2.45, 2.75) is 24.9 Å². The van der Waals surface area contributed by atoms with Gasteiger partial charge in [0, 0.05) is 12.5 Å². The van der Waals surface area contributed by atoms with Crippen LogP contribution in [0.25, 0.3) is 0 Å². The van der Waals surface area contributed by atoms with E-state index in [1.807, 2.05) is 0 Å². The third-order valence-electron chi connectivity index (χ3n) is 2.98. The predicted octanol–water partition coefficient (Wildman–Crippen LogP) is -1.59. The highest BCUT2D eigenvalue weighted by atomic mass is 16.5. The Labute approximate surface area is 113 Å². The normalized spacial score (nSPS) is 25.4. The van der Waals surface area contributed by atoms with Crippen LogP contribution in [-0.4, -0.2) is 46.6 Å². The zero-order valence-electron chi connectivity index (χ0n) is 10.5. The number of carbonyl (C=O) groups excluding carboxylic acids is 1. The van der Waals surface area contributed by atoms with E-state index in [9.17, 15) is 14.7 Å². The maximum absolute atomic E-state index is 11.7. The molecule has 110 valence electrons. The molecule has 9 nitrogen and oxygen atoms in total. The number of pyridine rings is 1. The molecule has 3 atom stereocenters. The second kappa shape index (κ2) is 5.90. The maximum Gasteiger partial charge on any atom is 0.275 e. The number of aromatic amines is 1. The SMILES string of the molecule is Nc1cc(N[C@@H]2C[C@@H](O)[C@@H](CO)O2)c(NC=O)c(=O)[nH]1. The van der Waals surface area contributed by atoms with Gasteiger partial charge in [-0.2, -0.15) is 0 Å². The summed E-state index contributed by atoms with van der Waals surface area (Å²) >= 11 is 0. The van der Waals surface area contributed by atoms with E-state index in [0.29, 0.717) is 6.41 Å². The van der Waals surface area contributed by atoms with Crippen LogP contribution in [0.3, 0.4) is 0 Å². The molecule has 9 heteroatoms. The van der Waals surface area contributed by atoms with E-state index in [1.54, 1.807) is 0 Å². The van der Waals surface area contributed by atoms with Gasteiger partial charge in [0.25, 0.3) is 5.56 Å². The molecule has 1 saturated heterocycles. The number of hydrogen-bond acceptors (Lipinski definition) is 7. The van der Waals surface area contributed by atoms with Gasteiger partial charge in [0.15, 0.2) is 0 Å². The Hall–Kier alpha value is -2.10. The van der Waals surface area contributed by atoms with Crippen LogP contribution < -0.4 is 21.9 Å². The molecule has 0 radical (unpaired) electrons. The fourth-order valence-corrected chi connectivity index (χ4v) is 2.06. The van der Waals surface area contributed by atoms with Crippen LogP contribution >= 0.6 is 0 Å². The van der Waals surface area contributed by atoms with Gasteiger partial charge in [-0.05, 0) is 0 Å². The number of H-pyrrole nitrogens is 1. The summed E-state index contributed by atoms with van der Waals surface area (Å²) in [6.45, 7) is -0.309. The average Bonchev–Trinajstić information content (AvgIpc) is 2.73.